The first kappa shape index (κ1) is 14.9. The molecule has 0 amide bonds. The minimum Gasteiger partial charge on any atom is -0.497 e. The van der Waals surface area contributed by atoms with Gasteiger partial charge < -0.3 is 9.47 Å². The van der Waals surface area contributed by atoms with E-state index in [0.29, 0.717) is 0 Å². The van der Waals surface area contributed by atoms with E-state index in [-0.39, 0.29) is 18.0 Å². The third-order valence-electron chi connectivity index (χ3n) is 3.99. The fourth-order valence-electron chi connectivity index (χ4n) is 2.74. The summed E-state index contributed by atoms with van der Waals surface area (Å²) in [4.78, 5) is 12.1. The molecule has 1 heterocycles. The second-order valence-electron chi connectivity index (χ2n) is 5.46. The number of carbonyl (C=O) groups is 1. The molecule has 2 rings (SSSR count). The van der Waals surface area contributed by atoms with Gasteiger partial charge in [-0.3, -0.25) is 4.79 Å². The first-order valence-corrected chi connectivity index (χ1v) is 7.59. The molecular weight excluding hydrogens is 252 g/mol. The van der Waals surface area contributed by atoms with E-state index in [4.69, 9.17) is 9.47 Å². The lowest BCUT2D eigenvalue weighted by atomic mass is 9.89. The molecule has 1 aliphatic heterocycles. The fraction of sp³-hybridized carbons (Fsp3) is 0.588. The van der Waals surface area contributed by atoms with E-state index in [2.05, 4.69) is 6.92 Å². The van der Waals surface area contributed by atoms with Crippen LogP contribution in [0.3, 0.4) is 0 Å². The standard InChI is InChI=1S/C17H24O3/c1-3-4-5-6-15-11-12-16(17(18)20-15)13-7-9-14(19-2)10-8-13/h7-10,15-16H,3-6,11-12H2,1-2H3. The Kier molecular flexibility index (Phi) is 5.45. The first-order valence-electron chi connectivity index (χ1n) is 7.59. The van der Waals surface area contributed by atoms with Crippen LogP contribution in [-0.4, -0.2) is 19.2 Å². The van der Waals surface area contributed by atoms with Gasteiger partial charge in [-0.15, -0.1) is 0 Å². The van der Waals surface area contributed by atoms with Gasteiger partial charge in [-0.2, -0.15) is 0 Å². The van der Waals surface area contributed by atoms with Crippen molar-refractivity contribution in [1.29, 1.82) is 0 Å². The summed E-state index contributed by atoms with van der Waals surface area (Å²) in [6, 6.07) is 7.72. The van der Waals surface area contributed by atoms with Crippen molar-refractivity contribution < 1.29 is 14.3 Å². The van der Waals surface area contributed by atoms with Gasteiger partial charge in [0.2, 0.25) is 0 Å². The number of esters is 1. The Hall–Kier alpha value is -1.51. The molecule has 20 heavy (non-hydrogen) atoms. The quantitative estimate of drug-likeness (QED) is 0.580. The van der Waals surface area contributed by atoms with Crippen molar-refractivity contribution >= 4 is 5.97 Å². The Morgan fingerprint density at radius 1 is 1.20 bits per heavy atom. The summed E-state index contributed by atoms with van der Waals surface area (Å²) in [6.07, 6.45) is 6.58. The van der Waals surface area contributed by atoms with Crippen molar-refractivity contribution in [1.82, 2.24) is 0 Å². The smallest absolute Gasteiger partial charge is 0.313 e. The molecule has 0 saturated carbocycles. The maximum atomic E-state index is 12.1. The van der Waals surface area contributed by atoms with Crippen LogP contribution in [0.5, 0.6) is 5.75 Å². The molecule has 0 aromatic heterocycles. The summed E-state index contributed by atoms with van der Waals surface area (Å²) in [7, 11) is 1.64. The van der Waals surface area contributed by atoms with Crippen molar-refractivity contribution in [2.75, 3.05) is 7.11 Å². The van der Waals surface area contributed by atoms with E-state index in [0.717, 1.165) is 37.0 Å². The molecule has 0 spiro atoms. The Labute approximate surface area is 121 Å². The number of cyclic esters (lactones) is 1. The molecule has 3 nitrogen and oxygen atoms in total. The van der Waals surface area contributed by atoms with E-state index in [1.165, 1.54) is 12.8 Å². The number of methoxy groups -OCH3 is 1. The van der Waals surface area contributed by atoms with Crippen LogP contribution in [0.2, 0.25) is 0 Å². The zero-order valence-corrected chi connectivity index (χ0v) is 12.4. The largest absolute Gasteiger partial charge is 0.497 e. The van der Waals surface area contributed by atoms with Crippen LogP contribution in [0, 0.1) is 0 Å². The van der Waals surface area contributed by atoms with Gasteiger partial charge in [0, 0.05) is 0 Å². The average molecular weight is 276 g/mol. The number of rotatable bonds is 6. The lowest BCUT2D eigenvalue weighted by Gasteiger charge is -2.28. The second kappa shape index (κ2) is 7.32. The van der Waals surface area contributed by atoms with Gasteiger partial charge in [0.25, 0.3) is 0 Å². The summed E-state index contributed by atoms with van der Waals surface area (Å²) >= 11 is 0. The highest BCUT2D eigenvalue weighted by Crippen LogP contribution is 2.31. The van der Waals surface area contributed by atoms with Crippen molar-refractivity contribution in [3.05, 3.63) is 29.8 Å². The average Bonchev–Trinajstić information content (AvgIpc) is 2.48. The van der Waals surface area contributed by atoms with Gasteiger partial charge in [0.15, 0.2) is 0 Å². The number of hydrogen-bond acceptors (Lipinski definition) is 3. The highest BCUT2D eigenvalue weighted by Gasteiger charge is 2.30. The molecule has 0 N–H and O–H groups in total. The van der Waals surface area contributed by atoms with Crippen LogP contribution in [-0.2, 0) is 9.53 Å². The van der Waals surface area contributed by atoms with E-state index < -0.39 is 0 Å². The summed E-state index contributed by atoms with van der Waals surface area (Å²) in [5, 5.41) is 0. The van der Waals surface area contributed by atoms with Crippen LogP contribution in [0.25, 0.3) is 0 Å². The number of benzene rings is 1. The molecule has 0 bridgehead atoms. The van der Waals surface area contributed by atoms with Crippen LogP contribution in [0.1, 0.15) is 56.9 Å². The molecule has 1 aliphatic rings. The van der Waals surface area contributed by atoms with Crippen LogP contribution in [0.15, 0.2) is 24.3 Å². The third-order valence-corrected chi connectivity index (χ3v) is 3.99. The van der Waals surface area contributed by atoms with Gasteiger partial charge >= 0.3 is 5.97 Å². The maximum absolute atomic E-state index is 12.1. The Bertz CT molecular complexity index is 424. The third kappa shape index (κ3) is 3.75. The number of unbranched alkanes of at least 4 members (excludes halogenated alkanes) is 2. The molecule has 0 radical (unpaired) electrons. The Balaban J connectivity index is 1.90. The summed E-state index contributed by atoms with van der Waals surface area (Å²) < 4.78 is 10.7. The normalized spacial score (nSPS) is 22.4. The molecule has 1 fully saturated rings. The Morgan fingerprint density at radius 3 is 2.55 bits per heavy atom. The van der Waals surface area contributed by atoms with E-state index >= 15 is 0 Å². The summed E-state index contributed by atoms with van der Waals surface area (Å²) in [5.74, 6) is 0.640. The first-order chi connectivity index (χ1) is 9.74. The highest BCUT2D eigenvalue weighted by molar-refractivity contribution is 5.79. The molecule has 0 aliphatic carbocycles. The zero-order chi connectivity index (χ0) is 14.4. The number of ether oxygens (including phenoxy) is 2. The molecule has 2 atom stereocenters. The van der Waals surface area contributed by atoms with Crippen molar-refractivity contribution in [2.24, 2.45) is 0 Å². The summed E-state index contributed by atoms with van der Waals surface area (Å²) in [5.41, 5.74) is 1.03. The van der Waals surface area contributed by atoms with Crippen molar-refractivity contribution in [3.8, 4) is 5.75 Å². The number of hydrogen-bond donors (Lipinski definition) is 0. The molecule has 1 aromatic rings. The van der Waals surface area contributed by atoms with Gasteiger partial charge in [-0.1, -0.05) is 31.9 Å². The minimum atomic E-state index is -0.108. The molecule has 1 aromatic carbocycles. The topological polar surface area (TPSA) is 35.5 Å². The second-order valence-corrected chi connectivity index (χ2v) is 5.46. The Morgan fingerprint density at radius 2 is 1.95 bits per heavy atom. The van der Waals surface area contributed by atoms with Gasteiger partial charge in [-0.25, -0.2) is 0 Å². The van der Waals surface area contributed by atoms with E-state index in [9.17, 15) is 4.79 Å². The van der Waals surface area contributed by atoms with Gasteiger partial charge in [0.05, 0.1) is 13.0 Å². The van der Waals surface area contributed by atoms with Crippen LogP contribution in [0.4, 0.5) is 0 Å². The lowest BCUT2D eigenvalue weighted by molar-refractivity contribution is -0.156. The summed E-state index contributed by atoms with van der Waals surface area (Å²) in [6.45, 7) is 2.19. The van der Waals surface area contributed by atoms with E-state index in [1.54, 1.807) is 7.11 Å². The van der Waals surface area contributed by atoms with Crippen LogP contribution < -0.4 is 4.74 Å². The molecule has 3 heteroatoms. The fourth-order valence-corrected chi connectivity index (χ4v) is 2.74. The molecular formula is C17H24O3. The van der Waals surface area contributed by atoms with Gasteiger partial charge in [0.1, 0.15) is 11.9 Å². The van der Waals surface area contributed by atoms with Crippen LogP contribution >= 0.6 is 0 Å². The molecule has 1 saturated heterocycles. The molecule has 110 valence electrons. The maximum Gasteiger partial charge on any atom is 0.313 e. The zero-order valence-electron chi connectivity index (χ0n) is 12.4. The lowest BCUT2D eigenvalue weighted by Crippen LogP contribution is -2.29. The minimum absolute atomic E-state index is 0.0667. The van der Waals surface area contributed by atoms with E-state index in [1.807, 2.05) is 24.3 Å². The highest BCUT2D eigenvalue weighted by atomic mass is 16.5. The van der Waals surface area contributed by atoms with Crippen molar-refractivity contribution in [3.63, 3.8) is 0 Å². The molecule has 2 unspecified atom stereocenters. The number of carbonyl (C=O) groups excluding carboxylic acids is 1. The monoisotopic (exact) mass is 276 g/mol. The van der Waals surface area contributed by atoms with Gasteiger partial charge in [-0.05, 0) is 43.4 Å². The predicted octanol–water partition coefficient (Wildman–Crippen LogP) is 4.06. The predicted molar refractivity (Wildman–Crippen MR) is 79.0 cm³/mol. The SMILES string of the molecule is CCCCCC1CCC(c2ccc(OC)cc2)C(=O)O1. The van der Waals surface area contributed by atoms with Crippen molar-refractivity contribution in [2.45, 2.75) is 57.5 Å².